The van der Waals surface area contributed by atoms with Gasteiger partial charge in [-0.2, -0.15) is 0 Å². The molecule has 7 fully saturated rings. The van der Waals surface area contributed by atoms with E-state index in [1.165, 1.54) is 19.3 Å². The summed E-state index contributed by atoms with van der Waals surface area (Å²) < 4.78 is 35.8. The molecule has 12 heteroatoms. The van der Waals surface area contributed by atoms with Crippen molar-refractivity contribution in [3.63, 3.8) is 0 Å². The fourth-order valence-electron chi connectivity index (χ4n) is 10.8. The Morgan fingerprint density at radius 3 is 2.52 bits per heavy atom. The third kappa shape index (κ3) is 3.40. The third-order valence-corrected chi connectivity index (χ3v) is 12.8. The summed E-state index contributed by atoms with van der Waals surface area (Å²) in [6.45, 7) is 6.81. The Hall–Kier alpha value is -2.19. The normalized spacial score (nSPS) is 55.4. The molecule has 3 N–H and O–H groups in total. The molecule has 4 saturated carbocycles. The second kappa shape index (κ2) is 8.99. The maximum Gasteiger partial charge on any atom is 0.335 e. The van der Waals surface area contributed by atoms with Gasteiger partial charge in [-0.05, 0) is 68.9 Å². The lowest BCUT2D eigenvalue weighted by Crippen LogP contribution is -2.76. The average molecular weight is 617 g/mol. The molecule has 4 aliphatic carbocycles. The smallest absolute Gasteiger partial charge is 0.335 e. The monoisotopic (exact) mass is 616 g/mol. The van der Waals surface area contributed by atoms with Gasteiger partial charge >= 0.3 is 11.6 Å². The molecule has 44 heavy (non-hydrogen) atoms. The number of ketones is 1. The lowest BCUT2D eigenvalue weighted by Gasteiger charge is -2.64. The van der Waals surface area contributed by atoms with Gasteiger partial charge in [0.15, 0.2) is 11.9 Å². The molecule has 0 amide bonds. The molecule has 1 aromatic rings. The van der Waals surface area contributed by atoms with Gasteiger partial charge in [0.05, 0.1) is 36.1 Å². The molecular weight excluding hydrogens is 576 g/mol. The zero-order valence-corrected chi connectivity index (χ0v) is 25.3. The van der Waals surface area contributed by atoms with Crippen LogP contribution in [0.25, 0.3) is 0 Å². The van der Waals surface area contributed by atoms with Gasteiger partial charge < -0.3 is 43.4 Å². The van der Waals surface area contributed by atoms with Crippen molar-refractivity contribution in [1.82, 2.24) is 0 Å². The summed E-state index contributed by atoms with van der Waals surface area (Å²) in [5.41, 5.74) is -4.72. The largest absolute Gasteiger partial charge is 0.456 e. The molecule has 0 bridgehead atoms. The van der Waals surface area contributed by atoms with Crippen molar-refractivity contribution in [2.24, 2.45) is 22.7 Å². The highest BCUT2D eigenvalue weighted by Gasteiger charge is 2.89. The van der Waals surface area contributed by atoms with Crippen molar-refractivity contribution in [1.29, 1.82) is 0 Å². The molecule has 0 radical (unpaired) electrons. The van der Waals surface area contributed by atoms with Crippen LogP contribution in [0.2, 0.25) is 0 Å². The van der Waals surface area contributed by atoms with Gasteiger partial charge in [0.2, 0.25) is 6.29 Å². The Kier molecular flexibility index (Phi) is 5.97. The minimum atomic E-state index is -2.03. The summed E-state index contributed by atoms with van der Waals surface area (Å²) in [7, 11) is 0. The van der Waals surface area contributed by atoms with Gasteiger partial charge in [-0.3, -0.25) is 9.59 Å². The van der Waals surface area contributed by atoms with Crippen LogP contribution in [-0.2, 0) is 33.3 Å². The van der Waals surface area contributed by atoms with Crippen molar-refractivity contribution >= 4 is 11.8 Å². The first kappa shape index (κ1) is 29.2. The second-order valence-electron chi connectivity index (χ2n) is 14.8. The van der Waals surface area contributed by atoms with Crippen LogP contribution in [0.1, 0.15) is 77.7 Å². The van der Waals surface area contributed by atoms with Gasteiger partial charge in [-0.15, -0.1) is 0 Å². The molecular formula is C32H40O12. The van der Waals surface area contributed by atoms with Crippen LogP contribution in [0.3, 0.4) is 0 Å². The Morgan fingerprint density at radius 2 is 1.82 bits per heavy atom. The number of hydrogen-bond acceptors (Lipinski definition) is 12. The molecule has 12 nitrogen and oxygen atoms in total. The van der Waals surface area contributed by atoms with Crippen LogP contribution in [0.5, 0.6) is 0 Å². The van der Waals surface area contributed by atoms with Gasteiger partial charge in [0, 0.05) is 31.2 Å². The zero-order chi connectivity index (χ0) is 31.2. The molecule has 8 rings (SSSR count). The number of carbonyl (C=O) groups excluding carboxylic acids is 2. The molecule has 1 spiro atoms. The highest BCUT2D eigenvalue weighted by atomic mass is 16.8. The maximum absolute atomic E-state index is 14.4. The van der Waals surface area contributed by atoms with Crippen LogP contribution in [0.15, 0.2) is 27.6 Å². The molecule has 0 aromatic carbocycles. The number of carbonyl (C=O) groups is 2. The van der Waals surface area contributed by atoms with E-state index in [0.717, 1.165) is 0 Å². The minimum absolute atomic E-state index is 0.0366. The van der Waals surface area contributed by atoms with Crippen molar-refractivity contribution in [2.45, 2.75) is 132 Å². The van der Waals surface area contributed by atoms with E-state index in [9.17, 15) is 29.7 Å². The number of ether oxygens (including phenoxy) is 5. The summed E-state index contributed by atoms with van der Waals surface area (Å²) >= 11 is 0. The van der Waals surface area contributed by atoms with Crippen LogP contribution in [0, 0.1) is 22.7 Å². The van der Waals surface area contributed by atoms with Crippen molar-refractivity contribution in [3.8, 4) is 0 Å². The van der Waals surface area contributed by atoms with E-state index in [0.29, 0.717) is 31.2 Å². The molecule has 3 aliphatic heterocycles. The number of esters is 1. The quantitative estimate of drug-likeness (QED) is 0.247. The predicted molar refractivity (Wildman–Crippen MR) is 147 cm³/mol. The summed E-state index contributed by atoms with van der Waals surface area (Å²) in [5.74, 6) is -4.29. The van der Waals surface area contributed by atoms with E-state index in [1.54, 1.807) is 13.0 Å². The summed E-state index contributed by atoms with van der Waals surface area (Å²) in [4.78, 5) is 38.0. The molecule has 3 saturated heterocycles. The third-order valence-electron chi connectivity index (χ3n) is 12.8. The van der Waals surface area contributed by atoms with E-state index in [-0.39, 0.29) is 31.0 Å². The highest BCUT2D eigenvalue weighted by Crippen LogP contribution is 2.77. The van der Waals surface area contributed by atoms with E-state index >= 15 is 0 Å². The number of aliphatic hydroxyl groups excluding tert-OH is 1. The van der Waals surface area contributed by atoms with E-state index in [2.05, 4.69) is 0 Å². The number of hydrogen-bond donors (Lipinski definition) is 3. The van der Waals surface area contributed by atoms with E-state index < -0.39 is 87.7 Å². The average Bonchev–Trinajstić information content (AvgIpc) is 3.60. The number of rotatable bonds is 2. The Bertz CT molecular complexity index is 1460. The second-order valence-corrected chi connectivity index (χ2v) is 14.8. The molecule has 15 atom stereocenters. The number of epoxide rings is 1. The molecule has 4 heterocycles. The Morgan fingerprint density at radius 1 is 1.05 bits per heavy atom. The van der Waals surface area contributed by atoms with Crippen molar-refractivity contribution in [2.75, 3.05) is 0 Å². The Labute approximate surface area is 253 Å². The summed E-state index contributed by atoms with van der Waals surface area (Å²) in [6, 6.07) is 2.93. The van der Waals surface area contributed by atoms with Crippen LogP contribution >= 0.6 is 0 Å². The standard InChI is InChI=1S/C32H40O12/c1-14-9-22(41-15(2)33)32(38)27(40-14)42-19-10-17-11-21-31(44-21)25(28(17,3)12-20(19)43-32)24(35)26(36)29(4)18(7-8-30(29,31)37)16-5-6-23(34)39-13-16/h5-6,13-14,17-22,24-25,27,35,37-38H,7-12H2,1-4H3/t14-,17-,18-,19-,20-,21+,22+,24+,25-,27+,28+,29+,30-,31+,32+/m1/s1. The van der Waals surface area contributed by atoms with E-state index in [4.69, 9.17) is 28.1 Å². The van der Waals surface area contributed by atoms with Crippen molar-refractivity contribution in [3.05, 3.63) is 34.4 Å². The van der Waals surface area contributed by atoms with Gasteiger partial charge in [-0.25, -0.2) is 4.79 Å². The number of Topliss-reactive ketones (excluding diaryl/α,β-unsaturated/α-hetero) is 1. The lowest BCUT2D eigenvalue weighted by atomic mass is 9.41. The van der Waals surface area contributed by atoms with Crippen LogP contribution in [0.4, 0.5) is 0 Å². The summed E-state index contributed by atoms with van der Waals surface area (Å²) in [5, 5.41) is 36.4. The lowest BCUT2D eigenvalue weighted by molar-refractivity contribution is -0.457. The summed E-state index contributed by atoms with van der Waals surface area (Å²) in [6.07, 6.45) is -1.66. The van der Waals surface area contributed by atoms with Crippen LogP contribution in [-0.4, -0.2) is 87.0 Å². The van der Waals surface area contributed by atoms with Crippen molar-refractivity contribution < 1.29 is 53.0 Å². The molecule has 240 valence electrons. The molecule has 7 aliphatic rings. The number of aliphatic hydroxyl groups is 3. The first-order chi connectivity index (χ1) is 20.7. The number of fused-ring (bicyclic) bond motifs is 5. The zero-order valence-electron chi connectivity index (χ0n) is 25.3. The SMILES string of the molecule is CC(=O)O[C@H]1C[C@@H](C)O[C@H]2O[C@@H]3C[C@@H]4C[C@@H]5O[C@]56[C@H]([C@H](O)C(=O)[C@]5(C)[C@@H](c7ccc(=O)oc7)CC[C@]65O)[C@@]4(C)C[C@H]3O[C@]21O. The Balaban J connectivity index is 1.15. The van der Waals surface area contributed by atoms with Crippen LogP contribution < -0.4 is 5.63 Å². The van der Waals surface area contributed by atoms with Gasteiger partial charge in [-0.1, -0.05) is 6.92 Å². The first-order valence-electron chi connectivity index (χ1n) is 15.8. The van der Waals surface area contributed by atoms with Gasteiger partial charge in [0.25, 0.3) is 5.79 Å². The fraction of sp³-hybridized carbons (Fsp3) is 0.781. The highest BCUT2D eigenvalue weighted by molar-refractivity contribution is 5.94. The predicted octanol–water partition coefficient (Wildman–Crippen LogP) is 1.31. The fourth-order valence-corrected chi connectivity index (χ4v) is 10.8. The van der Waals surface area contributed by atoms with E-state index in [1.807, 2.05) is 13.8 Å². The topological polar surface area (TPSA) is 174 Å². The minimum Gasteiger partial charge on any atom is -0.456 e. The molecule has 0 unspecified atom stereocenters. The maximum atomic E-state index is 14.4. The van der Waals surface area contributed by atoms with Gasteiger partial charge in [0.1, 0.15) is 17.3 Å². The first-order valence-corrected chi connectivity index (χ1v) is 15.8. The molecule has 1 aromatic heterocycles.